The van der Waals surface area contributed by atoms with Crippen LogP contribution in [0.2, 0.25) is 0 Å². The second kappa shape index (κ2) is 6.55. The molecule has 1 N–H and O–H groups in total. The van der Waals surface area contributed by atoms with Gasteiger partial charge in [0.25, 0.3) is 0 Å². The van der Waals surface area contributed by atoms with Gasteiger partial charge in [0.1, 0.15) is 0 Å². The first kappa shape index (κ1) is 13.9. The molecule has 0 aliphatic carbocycles. The molecule has 1 rings (SSSR count). The fourth-order valence-corrected chi connectivity index (χ4v) is 1.96. The van der Waals surface area contributed by atoms with Crippen LogP contribution in [0.25, 0.3) is 0 Å². The van der Waals surface area contributed by atoms with E-state index in [2.05, 4.69) is 11.9 Å². The normalized spacial score (nSPS) is 15.6. The molecule has 0 saturated carbocycles. The summed E-state index contributed by atoms with van der Waals surface area (Å²) in [6.45, 7) is 6.01. The highest BCUT2D eigenvalue weighted by Gasteiger charge is 2.20. The van der Waals surface area contributed by atoms with Crippen LogP contribution < -0.4 is 0 Å². The van der Waals surface area contributed by atoms with Crippen molar-refractivity contribution in [3.63, 3.8) is 0 Å². The molecule has 94 valence electrons. The van der Waals surface area contributed by atoms with Crippen molar-refractivity contribution >= 4 is 11.4 Å². The first-order valence-corrected chi connectivity index (χ1v) is 6.35. The predicted octanol–water partition coefficient (Wildman–Crippen LogP) is 4.11. The fraction of sp³-hybridized carbons (Fsp3) is 0.533. The number of rotatable bonds is 6. The third kappa shape index (κ3) is 5.64. The number of aliphatic imine (C=N–C) groups is 1. The minimum absolute atomic E-state index is 0.627. The molecule has 1 aromatic rings. The van der Waals surface area contributed by atoms with E-state index in [1.807, 2.05) is 44.2 Å². The Morgan fingerprint density at radius 3 is 2.53 bits per heavy atom. The van der Waals surface area contributed by atoms with Gasteiger partial charge in [-0.2, -0.15) is 0 Å². The van der Waals surface area contributed by atoms with Crippen LogP contribution in [0.1, 0.15) is 46.5 Å². The van der Waals surface area contributed by atoms with Gasteiger partial charge in [0, 0.05) is 12.1 Å². The summed E-state index contributed by atoms with van der Waals surface area (Å²) in [5.74, 6) is 0. The first-order chi connectivity index (χ1) is 8.03. The summed E-state index contributed by atoms with van der Waals surface area (Å²) in [6.07, 6.45) is 3.66. The molecule has 1 unspecified atom stereocenters. The second-order valence-corrected chi connectivity index (χ2v) is 4.96. The van der Waals surface area contributed by atoms with Crippen LogP contribution in [-0.4, -0.2) is 16.4 Å². The maximum Gasteiger partial charge on any atom is 0.0671 e. The predicted molar refractivity (Wildman–Crippen MR) is 74.0 cm³/mol. The van der Waals surface area contributed by atoms with Crippen molar-refractivity contribution in [3.05, 3.63) is 30.3 Å². The lowest BCUT2D eigenvalue weighted by atomic mass is 9.93. The fourth-order valence-electron chi connectivity index (χ4n) is 1.96. The zero-order valence-electron chi connectivity index (χ0n) is 11.1. The average Bonchev–Trinajstić information content (AvgIpc) is 2.27. The van der Waals surface area contributed by atoms with Gasteiger partial charge in [-0.05, 0) is 32.4 Å². The summed E-state index contributed by atoms with van der Waals surface area (Å²) in [4.78, 5) is 4.51. The summed E-state index contributed by atoms with van der Waals surface area (Å²) in [7, 11) is 0. The van der Waals surface area contributed by atoms with Gasteiger partial charge >= 0.3 is 0 Å². The van der Waals surface area contributed by atoms with Crippen LogP contribution in [0.3, 0.4) is 0 Å². The van der Waals surface area contributed by atoms with Gasteiger partial charge in [0.05, 0.1) is 11.3 Å². The Morgan fingerprint density at radius 1 is 1.29 bits per heavy atom. The van der Waals surface area contributed by atoms with Gasteiger partial charge in [-0.15, -0.1) is 0 Å². The molecule has 2 heteroatoms. The van der Waals surface area contributed by atoms with Gasteiger partial charge in [0.2, 0.25) is 0 Å². The highest BCUT2D eigenvalue weighted by Crippen LogP contribution is 2.20. The van der Waals surface area contributed by atoms with E-state index in [0.717, 1.165) is 30.7 Å². The van der Waals surface area contributed by atoms with Gasteiger partial charge in [0.15, 0.2) is 0 Å². The molecule has 0 spiro atoms. The molecular formula is C15H23NO. The number of unbranched alkanes of at least 4 members (excludes halogenated alkanes) is 1. The van der Waals surface area contributed by atoms with Crippen molar-refractivity contribution in [2.45, 2.75) is 52.1 Å². The molecule has 0 saturated heterocycles. The van der Waals surface area contributed by atoms with Crippen LogP contribution in [0.5, 0.6) is 0 Å². The van der Waals surface area contributed by atoms with Gasteiger partial charge in [-0.3, -0.25) is 4.99 Å². The van der Waals surface area contributed by atoms with Crippen molar-refractivity contribution in [1.29, 1.82) is 0 Å². The van der Waals surface area contributed by atoms with Crippen LogP contribution in [0.4, 0.5) is 5.69 Å². The van der Waals surface area contributed by atoms with Crippen molar-refractivity contribution < 1.29 is 5.11 Å². The molecule has 2 nitrogen and oxygen atoms in total. The largest absolute Gasteiger partial charge is 0.390 e. The lowest BCUT2D eigenvalue weighted by Crippen LogP contribution is -2.26. The number of nitrogens with zero attached hydrogens (tertiary/aromatic N) is 1. The minimum Gasteiger partial charge on any atom is -0.390 e. The summed E-state index contributed by atoms with van der Waals surface area (Å²) in [6, 6.07) is 9.88. The third-order valence-corrected chi connectivity index (χ3v) is 2.78. The monoisotopic (exact) mass is 233 g/mol. The average molecular weight is 233 g/mol. The van der Waals surface area contributed by atoms with Crippen LogP contribution in [-0.2, 0) is 0 Å². The number of hydrogen-bond donors (Lipinski definition) is 1. The van der Waals surface area contributed by atoms with E-state index in [0.29, 0.717) is 6.42 Å². The van der Waals surface area contributed by atoms with Crippen molar-refractivity contribution in [2.75, 3.05) is 0 Å². The quantitative estimate of drug-likeness (QED) is 0.737. The number of aliphatic hydroxyl groups is 1. The second-order valence-electron chi connectivity index (χ2n) is 4.96. The molecule has 17 heavy (non-hydrogen) atoms. The van der Waals surface area contributed by atoms with E-state index in [9.17, 15) is 5.11 Å². The molecule has 0 aliphatic rings. The Bertz CT molecular complexity index is 354. The zero-order valence-corrected chi connectivity index (χ0v) is 11.1. The first-order valence-electron chi connectivity index (χ1n) is 6.35. The number of hydrogen-bond acceptors (Lipinski definition) is 2. The Labute approximate surface area is 104 Å². The molecule has 0 fully saturated rings. The smallest absolute Gasteiger partial charge is 0.0671 e. The molecule has 0 radical (unpaired) electrons. The van der Waals surface area contributed by atoms with E-state index >= 15 is 0 Å². The molecular weight excluding hydrogens is 210 g/mol. The lowest BCUT2D eigenvalue weighted by molar-refractivity contribution is 0.0561. The summed E-state index contributed by atoms with van der Waals surface area (Å²) in [5.41, 5.74) is 1.31. The van der Waals surface area contributed by atoms with E-state index in [4.69, 9.17) is 0 Å². The topological polar surface area (TPSA) is 32.6 Å². The maximum absolute atomic E-state index is 10.2. The van der Waals surface area contributed by atoms with Crippen molar-refractivity contribution in [2.24, 2.45) is 4.99 Å². The van der Waals surface area contributed by atoms with E-state index < -0.39 is 5.60 Å². The molecule has 0 aromatic heterocycles. The minimum atomic E-state index is -0.627. The highest BCUT2D eigenvalue weighted by molar-refractivity contribution is 5.85. The maximum atomic E-state index is 10.2. The van der Waals surface area contributed by atoms with E-state index in [1.54, 1.807) is 0 Å². The summed E-state index contributed by atoms with van der Waals surface area (Å²) < 4.78 is 0. The van der Waals surface area contributed by atoms with Crippen LogP contribution in [0, 0.1) is 0 Å². The highest BCUT2D eigenvalue weighted by atomic mass is 16.3. The van der Waals surface area contributed by atoms with Gasteiger partial charge < -0.3 is 5.11 Å². The molecule has 0 bridgehead atoms. The van der Waals surface area contributed by atoms with Crippen LogP contribution >= 0.6 is 0 Å². The SMILES string of the molecule is CCCCC(C)(O)CC(C)=Nc1ccccc1. The van der Waals surface area contributed by atoms with Crippen molar-refractivity contribution in [1.82, 2.24) is 0 Å². The summed E-state index contributed by atoms with van der Waals surface area (Å²) in [5, 5.41) is 10.2. The molecule has 0 aliphatic heterocycles. The zero-order chi connectivity index (χ0) is 12.7. The van der Waals surface area contributed by atoms with Gasteiger partial charge in [-0.1, -0.05) is 38.0 Å². The van der Waals surface area contributed by atoms with Crippen molar-refractivity contribution in [3.8, 4) is 0 Å². The van der Waals surface area contributed by atoms with Crippen LogP contribution in [0.15, 0.2) is 35.3 Å². The van der Waals surface area contributed by atoms with E-state index in [1.165, 1.54) is 0 Å². The number of benzene rings is 1. The standard InChI is InChI=1S/C15H23NO/c1-4-5-11-15(3,17)12-13(2)16-14-9-7-6-8-10-14/h6-10,17H,4-5,11-12H2,1-3H3. The molecule has 1 aromatic carbocycles. The molecule has 1 atom stereocenters. The van der Waals surface area contributed by atoms with Gasteiger partial charge in [-0.25, -0.2) is 0 Å². The summed E-state index contributed by atoms with van der Waals surface area (Å²) >= 11 is 0. The Kier molecular flexibility index (Phi) is 5.36. The molecule has 0 amide bonds. The Balaban J connectivity index is 2.59. The molecule has 0 heterocycles. The Hall–Kier alpha value is -1.15. The Morgan fingerprint density at radius 2 is 1.94 bits per heavy atom. The van der Waals surface area contributed by atoms with E-state index in [-0.39, 0.29) is 0 Å². The third-order valence-electron chi connectivity index (χ3n) is 2.78. The number of para-hydroxylation sites is 1. The lowest BCUT2D eigenvalue weighted by Gasteiger charge is -2.22.